The summed E-state index contributed by atoms with van der Waals surface area (Å²) in [7, 11) is 0. The van der Waals surface area contributed by atoms with Crippen molar-refractivity contribution in [1.29, 1.82) is 0 Å². The molecule has 140 valence electrons. The average Bonchev–Trinajstić information content (AvgIpc) is 3.15. The van der Waals surface area contributed by atoms with Crippen LogP contribution < -0.4 is 5.01 Å². The summed E-state index contributed by atoms with van der Waals surface area (Å²) in [6.07, 6.45) is 0. The molecule has 4 rings (SSSR count). The number of carboxylic acid groups (broad SMARTS) is 1. The van der Waals surface area contributed by atoms with E-state index in [1.807, 2.05) is 24.3 Å². The van der Waals surface area contributed by atoms with Crippen LogP contribution in [-0.4, -0.2) is 58.5 Å². The van der Waals surface area contributed by atoms with Crippen molar-refractivity contribution in [3.8, 4) is 11.1 Å². The van der Waals surface area contributed by atoms with Gasteiger partial charge in [0, 0.05) is 19.6 Å². The Labute approximate surface area is 157 Å². The van der Waals surface area contributed by atoms with Crippen LogP contribution in [0.2, 0.25) is 0 Å². The molecule has 2 aromatic heterocycles. The average molecular weight is 366 g/mol. The van der Waals surface area contributed by atoms with E-state index in [0.29, 0.717) is 13.2 Å². The molecule has 1 aliphatic rings. The molecule has 0 spiro atoms. The van der Waals surface area contributed by atoms with Gasteiger partial charge >= 0.3 is 5.97 Å². The van der Waals surface area contributed by atoms with E-state index in [4.69, 9.17) is 4.74 Å². The molecule has 0 bridgehead atoms. The molecule has 1 N–H and O–H groups in total. The summed E-state index contributed by atoms with van der Waals surface area (Å²) in [4.78, 5) is 11.5. The van der Waals surface area contributed by atoms with Crippen LogP contribution in [0.4, 0.5) is 5.82 Å². The molecule has 7 nitrogen and oxygen atoms in total. The van der Waals surface area contributed by atoms with Crippen LogP contribution >= 0.6 is 0 Å². The summed E-state index contributed by atoms with van der Waals surface area (Å²) in [5.74, 6) is -0.177. The summed E-state index contributed by atoms with van der Waals surface area (Å²) in [6.45, 7) is 5.76. The second-order valence-corrected chi connectivity index (χ2v) is 6.42. The Morgan fingerprint density at radius 3 is 2.56 bits per heavy atom. The first kappa shape index (κ1) is 17.5. The number of pyridine rings is 1. The fourth-order valence-electron chi connectivity index (χ4n) is 3.47. The quantitative estimate of drug-likeness (QED) is 0.749. The lowest BCUT2D eigenvalue weighted by molar-refractivity contribution is 0.0316. The number of rotatable bonds is 5. The number of hydrogen-bond donors (Lipinski definition) is 1. The lowest BCUT2D eigenvalue weighted by Crippen LogP contribution is -2.49. The molecular formula is C20H22N4O3. The highest BCUT2D eigenvalue weighted by atomic mass is 16.5. The third-order valence-corrected chi connectivity index (χ3v) is 4.76. The number of fused-ring (bicyclic) bond motifs is 1. The van der Waals surface area contributed by atoms with Gasteiger partial charge in [0.05, 0.1) is 18.7 Å². The fraction of sp³-hybridized carbons (Fsp3) is 0.300. The van der Waals surface area contributed by atoms with Crippen molar-refractivity contribution in [2.24, 2.45) is 0 Å². The van der Waals surface area contributed by atoms with Crippen molar-refractivity contribution in [1.82, 2.24) is 14.6 Å². The predicted octanol–water partition coefficient (Wildman–Crippen LogP) is 2.77. The number of hydrazine groups is 1. The number of carbonyl (C=O) groups is 1. The van der Waals surface area contributed by atoms with Crippen LogP contribution in [0.1, 0.15) is 17.4 Å². The van der Waals surface area contributed by atoms with Crippen LogP contribution in [0.5, 0.6) is 0 Å². The number of carboxylic acids is 1. The molecule has 1 aromatic carbocycles. The van der Waals surface area contributed by atoms with Crippen molar-refractivity contribution in [3.05, 3.63) is 54.2 Å². The number of morpholine rings is 1. The maximum atomic E-state index is 11.5. The van der Waals surface area contributed by atoms with Gasteiger partial charge in [-0.2, -0.15) is 5.10 Å². The van der Waals surface area contributed by atoms with E-state index in [1.165, 1.54) is 0 Å². The van der Waals surface area contributed by atoms with Crippen molar-refractivity contribution >= 4 is 17.3 Å². The van der Waals surface area contributed by atoms with Crippen LogP contribution in [0.25, 0.3) is 16.6 Å². The molecule has 1 saturated heterocycles. The molecule has 7 heteroatoms. The maximum Gasteiger partial charge on any atom is 0.356 e. The van der Waals surface area contributed by atoms with E-state index in [1.54, 1.807) is 10.6 Å². The standard InChI is InChI=1S/C20H22N4O3/c1-2-23(22-8-10-27-11-9-22)19-13-16(15-6-4-3-5-7-15)12-17-14-18(20(25)26)21-24(17)19/h3-7,12-14H,2,8-11H2,1H3,(H,25,26). The highest BCUT2D eigenvalue weighted by molar-refractivity contribution is 5.88. The molecule has 1 aliphatic heterocycles. The second-order valence-electron chi connectivity index (χ2n) is 6.42. The molecule has 1 fully saturated rings. The lowest BCUT2D eigenvalue weighted by Gasteiger charge is -2.38. The Morgan fingerprint density at radius 1 is 1.15 bits per heavy atom. The molecule has 0 atom stereocenters. The van der Waals surface area contributed by atoms with Crippen molar-refractivity contribution in [3.63, 3.8) is 0 Å². The largest absolute Gasteiger partial charge is 0.476 e. The zero-order valence-corrected chi connectivity index (χ0v) is 15.2. The number of aromatic nitrogens is 2. The zero-order valence-electron chi connectivity index (χ0n) is 15.2. The number of hydrogen-bond acceptors (Lipinski definition) is 5. The number of aromatic carboxylic acids is 1. The number of ether oxygens (including phenoxy) is 1. The van der Waals surface area contributed by atoms with Crippen LogP contribution in [0, 0.1) is 0 Å². The van der Waals surface area contributed by atoms with Gasteiger partial charge in [0.15, 0.2) is 5.69 Å². The number of anilines is 1. The van der Waals surface area contributed by atoms with Gasteiger partial charge < -0.3 is 9.84 Å². The van der Waals surface area contributed by atoms with Gasteiger partial charge in [-0.15, -0.1) is 0 Å². The van der Waals surface area contributed by atoms with Gasteiger partial charge in [-0.25, -0.2) is 14.3 Å². The van der Waals surface area contributed by atoms with Crippen molar-refractivity contribution in [2.75, 3.05) is 37.9 Å². The molecule has 0 radical (unpaired) electrons. The predicted molar refractivity (Wildman–Crippen MR) is 103 cm³/mol. The fourth-order valence-corrected chi connectivity index (χ4v) is 3.47. The van der Waals surface area contributed by atoms with Crippen LogP contribution in [-0.2, 0) is 4.74 Å². The smallest absolute Gasteiger partial charge is 0.356 e. The molecule has 0 amide bonds. The van der Waals surface area contributed by atoms with Gasteiger partial charge in [-0.3, -0.25) is 5.01 Å². The first-order valence-electron chi connectivity index (χ1n) is 9.10. The van der Waals surface area contributed by atoms with E-state index >= 15 is 0 Å². The van der Waals surface area contributed by atoms with Gasteiger partial charge in [-0.05, 0) is 36.2 Å². The SMILES string of the molecule is CCN(c1cc(-c2ccccc2)cc2cc(C(=O)O)nn12)N1CCOCC1. The maximum absolute atomic E-state index is 11.5. The summed E-state index contributed by atoms with van der Waals surface area (Å²) in [5.41, 5.74) is 2.91. The normalized spacial score (nSPS) is 15.1. The monoisotopic (exact) mass is 366 g/mol. The van der Waals surface area contributed by atoms with Gasteiger partial charge in [0.1, 0.15) is 5.82 Å². The van der Waals surface area contributed by atoms with Gasteiger partial charge in [-0.1, -0.05) is 30.3 Å². The molecule has 0 saturated carbocycles. The third-order valence-electron chi connectivity index (χ3n) is 4.76. The summed E-state index contributed by atoms with van der Waals surface area (Å²) in [6, 6.07) is 15.7. The van der Waals surface area contributed by atoms with Crippen molar-refractivity contribution in [2.45, 2.75) is 6.92 Å². The lowest BCUT2D eigenvalue weighted by atomic mass is 10.1. The molecular weight excluding hydrogens is 344 g/mol. The first-order chi connectivity index (χ1) is 13.2. The third kappa shape index (κ3) is 3.39. The topological polar surface area (TPSA) is 70.3 Å². The minimum Gasteiger partial charge on any atom is -0.476 e. The van der Waals surface area contributed by atoms with E-state index < -0.39 is 5.97 Å². The summed E-state index contributed by atoms with van der Waals surface area (Å²) < 4.78 is 7.19. The highest BCUT2D eigenvalue weighted by Gasteiger charge is 2.22. The Balaban J connectivity index is 1.88. The van der Waals surface area contributed by atoms with E-state index in [-0.39, 0.29) is 5.69 Å². The zero-order chi connectivity index (χ0) is 18.8. The second kappa shape index (κ2) is 7.38. The Morgan fingerprint density at radius 2 is 1.89 bits per heavy atom. The van der Waals surface area contributed by atoms with E-state index in [0.717, 1.165) is 42.1 Å². The Hall–Kier alpha value is -2.90. The molecule has 3 aromatic rings. The van der Waals surface area contributed by atoms with Crippen LogP contribution in [0.3, 0.4) is 0 Å². The summed E-state index contributed by atoms with van der Waals surface area (Å²) in [5, 5.41) is 18.1. The minimum atomic E-state index is -1.03. The highest BCUT2D eigenvalue weighted by Crippen LogP contribution is 2.28. The Bertz CT molecular complexity index is 949. The number of nitrogens with zero attached hydrogens (tertiary/aromatic N) is 4. The van der Waals surface area contributed by atoms with Gasteiger partial charge in [0.2, 0.25) is 0 Å². The molecule has 0 aliphatic carbocycles. The van der Waals surface area contributed by atoms with E-state index in [9.17, 15) is 9.90 Å². The molecule has 3 heterocycles. The first-order valence-corrected chi connectivity index (χ1v) is 9.10. The van der Waals surface area contributed by atoms with Crippen LogP contribution in [0.15, 0.2) is 48.5 Å². The Kier molecular flexibility index (Phi) is 4.79. The molecule has 27 heavy (non-hydrogen) atoms. The molecule has 0 unspecified atom stereocenters. The van der Waals surface area contributed by atoms with E-state index in [2.05, 4.69) is 40.2 Å². The minimum absolute atomic E-state index is 0.0412. The van der Waals surface area contributed by atoms with Crippen molar-refractivity contribution < 1.29 is 14.6 Å². The summed E-state index contributed by atoms with van der Waals surface area (Å²) >= 11 is 0. The van der Waals surface area contributed by atoms with Gasteiger partial charge in [0.25, 0.3) is 0 Å². The number of benzene rings is 1.